The molecular formula is C14H18N2OS. The van der Waals surface area contributed by atoms with Crippen LogP contribution in [-0.4, -0.2) is 11.5 Å². The summed E-state index contributed by atoms with van der Waals surface area (Å²) < 4.78 is 5.65. The number of hydrogen-bond acceptors (Lipinski definition) is 4. The van der Waals surface area contributed by atoms with Crippen LogP contribution in [0.1, 0.15) is 23.2 Å². The summed E-state index contributed by atoms with van der Waals surface area (Å²) >= 11 is 1.72. The van der Waals surface area contributed by atoms with Gasteiger partial charge in [0.05, 0.1) is 24.6 Å². The first-order chi connectivity index (χ1) is 8.88. The third kappa shape index (κ3) is 4.22. The molecule has 2 aromatic heterocycles. The van der Waals surface area contributed by atoms with Gasteiger partial charge in [0.15, 0.2) is 0 Å². The normalized spacial score (nSPS) is 10.7. The fraction of sp³-hybridized carbons (Fsp3) is 0.357. The number of nitrogens with zero attached hydrogens (tertiary/aromatic N) is 1. The Bertz CT molecular complexity index is 457. The zero-order chi connectivity index (χ0) is 12.6. The van der Waals surface area contributed by atoms with Crippen molar-refractivity contribution in [3.05, 3.63) is 52.0 Å². The summed E-state index contributed by atoms with van der Waals surface area (Å²) in [4.78, 5) is 5.79. The molecule has 2 heterocycles. The Morgan fingerprint density at radius 2 is 2.06 bits per heavy atom. The lowest BCUT2D eigenvalue weighted by Gasteiger charge is -2.05. The molecule has 0 fully saturated rings. The number of rotatable bonds is 7. The minimum atomic E-state index is 0.567. The number of thiophene rings is 1. The molecular weight excluding hydrogens is 244 g/mol. The molecule has 0 bridgehead atoms. The maximum Gasteiger partial charge on any atom is 0.0892 e. The molecule has 0 atom stereocenters. The number of aromatic nitrogens is 1. The fourth-order valence-corrected chi connectivity index (χ4v) is 2.25. The van der Waals surface area contributed by atoms with Gasteiger partial charge in [0.25, 0.3) is 0 Å². The molecule has 0 unspecified atom stereocenters. The van der Waals surface area contributed by atoms with Gasteiger partial charge in [-0.3, -0.25) is 4.98 Å². The van der Waals surface area contributed by atoms with E-state index in [2.05, 4.69) is 28.7 Å². The fourth-order valence-electron chi connectivity index (χ4n) is 1.61. The zero-order valence-corrected chi connectivity index (χ0v) is 11.4. The lowest BCUT2D eigenvalue weighted by Crippen LogP contribution is -2.13. The number of ether oxygens (including phenoxy) is 1. The van der Waals surface area contributed by atoms with Crippen LogP contribution in [0.3, 0.4) is 0 Å². The van der Waals surface area contributed by atoms with Crippen LogP contribution in [-0.2, 0) is 24.5 Å². The molecule has 4 heteroatoms. The Morgan fingerprint density at radius 1 is 1.17 bits per heavy atom. The third-order valence-corrected chi connectivity index (χ3v) is 3.34. The lowest BCUT2D eigenvalue weighted by molar-refractivity contribution is 0.106. The maximum atomic E-state index is 5.65. The van der Waals surface area contributed by atoms with Crippen LogP contribution < -0.4 is 5.32 Å². The quantitative estimate of drug-likeness (QED) is 0.833. The van der Waals surface area contributed by atoms with Crippen molar-refractivity contribution in [1.29, 1.82) is 0 Å². The first-order valence-corrected chi connectivity index (χ1v) is 7.02. The Labute approximate surface area is 112 Å². The largest absolute Gasteiger partial charge is 0.370 e. The number of pyridine rings is 1. The first-order valence-electron chi connectivity index (χ1n) is 6.14. The van der Waals surface area contributed by atoms with E-state index in [4.69, 9.17) is 4.74 Å². The molecule has 96 valence electrons. The topological polar surface area (TPSA) is 34.1 Å². The summed E-state index contributed by atoms with van der Waals surface area (Å²) in [6, 6.07) is 10.2. The van der Waals surface area contributed by atoms with E-state index < -0.39 is 0 Å². The smallest absolute Gasteiger partial charge is 0.0892 e. The van der Waals surface area contributed by atoms with Crippen molar-refractivity contribution in [2.24, 2.45) is 0 Å². The second kappa shape index (κ2) is 7.26. The van der Waals surface area contributed by atoms with E-state index >= 15 is 0 Å². The second-order valence-electron chi connectivity index (χ2n) is 3.97. The van der Waals surface area contributed by atoms with Crippen molar-refractivity contribution in [2.75, 3.05) is 6.54 Å². The summed E-state index contributed by atoms with van der Waals surface area (Å²) in [6.07, 6.45) is 0. The molecule has 0 aliphatic heterocycles. The highest BCUT2D eigenvalue weighted by Crippen LogP contribution is 2.11. The van der Waals surface area contributed by atoms with Gasteiger partial charge in [-0.1, -0.05) is 19.1 Å². The van der Waals surface area contributed by atoms with E-state index in [1.165, 1.54) is 4.88 Å². The summed E-state index contributed by atoms with van der Waals surface area (Å²) in [7, 11) is 0. The molecule has 2 aromatic rings. The average Bonchev–Trinajstić information content (AvgIpc) is 2.90. The summed E-state index contributed by atoms with van der Waals surface area (Å²) in [5.41, 5.74) is 2.05. The van der Waals surface area contributed by atoms with Gasteiger partial charge in [-0.25, -0.2) is 0 Å². The van der Waals surface area contributed by atoms with Crippen LogP contribution in [0.15, 0.2) is 35.7 Å². The molecule has 18 heavy (non-hydrogen) atoms. The summed E-state index contributed by atoms with van der Waals surface area (Å²) in [5.74, 6) is 0. The van der Waals surface area contributed by atoms with Gasteiger partial charge in [0.2, 0.25) is 0 Å². The molecule has 0 saturated heterocycles. The first kappa shape index (κ1) is 13.2. The zero-order valence-electron chi connectivity index (χ0n) is 10.6. The van der Waals surface area contributed by atoms with Gasteiger partial charge in [-0.15, -0.1) is 11.3 Å². The molecule has 1 N–H and O–H groups in total. The van der Waals surface area contributed by atoms with Crippen LogP contribution >= 0.6 is 11.3 Å². The molecule has 0 aromatic carbocycles. The van der Waals surface area contributed by atoms with Crippen molar-refractivity contribution in [1.82, 2.24) is 10.3 Å². The van der Waals surface area contributed by atoms with Gasteiger partial charge in [-0.2, -0.15) is 0 Å². The van der Waals surface area contributed by atoms with Crippen molar-refractivity contribution < 1.29 is 4.74 Å². The van der Waals surface area contributed by atoms with Crippen LogP contribution in [0.4, 0.5) is 0 Å². The van der Waals surface area contributed by atoms with Gasteiger partial charge in [0, 0.05) is 11.4 Å². The predicted octanol–water partition coefficient (Wildman–Crippen LogP) is 2.97. The summed E-state index contributed by atoms with van der Waals surface area (Å²) in [6.45, 7) is 5.10. The van der Waals surface area contributed by atoms with Crippen LogP contribution in [0.2, 0.25) is 0 Å². The third-order valence-electron chi connectivity index (χ3n) is 2.49. The highest BCUT2D eigenvalue weighted by atomic mass is 32.1. The SMILES string of the molecule is CCNCc1cccc(COCc2cccs2)n1. The highest BCUT2D eigenvalue weighted by molar-refractivity contribution is 7.09. The van der Waals surface area contributed by atoms with Gasteiger partial charge in [0.1, 0.15) is 0 Å². The van der Waals surface area contributed by atoms with Gasteiger partial charge >= 0.3 is 0 Å². The van der Waals surface area contributed by atoms with E-state index in [0.29, 0.717) is 13.2 Å². The Balaban J connectivity index is 1.81. The Morgan fingerprint density at radius 3 is 2.83 bits per heavy atom. The number of hydrogen-bond donors (Lipinski definition) is 1. The minimum Gasteiger partial charge on any atom is -0.370 e. The average molecular weight is 262 g/mol. The second-order valence-corrected chi connectivity index (χ2v) is 5.00. The molecule has 0 radical (unpaired) electrons. The minimum absolute atomic E-state index is 0.567. The Kier molecular flexibility index (Phi) is 5.33. The van der Waals surface area contributed by atoms with Crippen LogP contribution in [0.5, 0.6) is 0 Å². The molecule has 0 amide bonds. The Hall–Kier alpha value is -1.23. The van der Waals surface area contributed by atoms with E-state index in [-0.39, 0.29) is 0 Å². The van der Waals surface area contributed by atoms with E-state index in [1.807, 2.05) is 24.3 Å². The standard InChI is InChI=1S/C14H18N2OS/c1-2-15-9-12-5-3-6-13(16-12)10-17-11-14-7-4-8-18-14/h3-8,15H,2,9-11H2,1H3. The maximum absolute atomic E-state index is 5.65. The van der Waals surface area contributed by atoms with Crippen molar-refractivity contribution >= 4 is 11.3 Å². The number of nitrogens with one attached hydrogen (secondary N) is 1. The summed E-state index contributed by atoms with van der Waals surface area (Å²) in [5, 5.41) is 5.33. The van der Waals surface area contributed by atoms with Crippen molar-refractivity contribution in [3.8, 4) is 0 Å². The molecule has 3 nitrogen and oxygen atoms in total. The molecule has 0 aliphatic rings. The van der Waals surface area contributed by atoms with Crippen molar-refractivity contribution in [3.63, 3.8) is 0 Å². The highest BCUT2D eigenvalue weighted by Gasteiger charge is 1.99. The van der Waals surface area contributed by atoms with Gasteiger partial charge in [-0.05, 0) is 30.1 Å². The predicted molar refractivity (Wildman–Crippen MR) is 74.4 cm³/mol. The monoisotopic (exact) mass is 262 g/mol. The van der Waals surface area contributed by atoms with Crippen LogP contribution in [0, 0.1) is 0 Å². The lowest BCUT2D eigenvalue weighted by atomic mass is 10.3. The molecule has 2 rings (SSSR count). The van der Waals surface area contributed by atoms with Crippen molar-refractivity contribution in [2.45, 2.75) is 26.7 Å². The molecule has 0 spiro atoms. The van der Waals surface area contributed by atoms with Gasteiger partial charge < -0.3 is 10.1 Å². The van der Waals surface area contributed by atoms with Crippen LogP contribution in [0.25, 0.3) is 0 Å². The molecule has 0 aliphatic carbocycles. The molecule has 0 saturated carbocycles. The van der Waals surface area contributed by atoms with E-state index in [1.54, 1.807) is 11.3 Å². The van der Waals surface area contributed by atoms with E-state index in [9.17, 15) is 0 Å². The van der Waals surface area contributed by atoms with E-state index in [0.717, 1.165) is 24.5 Å².